The average Bonchev–Trinajstić information content (AvgIpc) is 2.32. The van der Waals surface area contributed by atoms with Crippen molar-refractivity contribution in [3.63, 3.8) is 0 Å². The molecule has 0 bridgehead atoms. The van der Waals surface area contributed by atoms with E-state index in [0.29, 0.717) is 6.07 Å². The first-order valence-electron chi connectivity index (χ1n) is 5.12. The van der Waals surface area contributed by atoms with Crippen molar-refractivity contribution < 1.29 is 18.7 Å². The van der Waals surface area contributed by atoms with Crippen LogP contribution in [0.2, 0.25) is 0 Å². The lowest BCUT2D eigenvalue weighted by Crippen LogP contribution is -2.13. The summed E-state index contributed by atoms with van der Waals surface area (Å²) in [6, 6.07) is 8.70. The van der Waals surface area contributed by atoms with E-state index in [1.54, 1.807) is 12.1 Å². The van der Waals surface area contributed by atoms with E-state index in [-0.39, 0.29) is 17.0 Å². The molecule has 0 saturated carbocycles. The molecule has 2 N–H and O–H groups in total. The minimum Gasteiger partial charge on any atom is -0.506 e. The summed E-state index contributed by atoms with van der Waals surface area (Å²) in [5.41, 5.74) is -0.133. The monoisotopic (exact) mass is 249 g/mol. The zero-order chi connectivity index (χ0) is 13.1. The smallest absolute Gasteiger partial charge is 0.258 e. The number of para-hydroxylation sites is 2. The highest BCUT2D eigenvalue weighted by Gasteiger charge is 2.13. The molecule has 0 atom stereocenters. The molecule has 3 nitrogen and oxygen atoms in total. The molecule has 0 aliphatic heterocycles. The van der Waals surface area contributed by atoms with Gasteiger partial charge in [-0.15, -0.1) is 0 Å². The molecule has 0 radical (unpaired) electrons. The van der Waals surface area contributed by atoms with E-state index < -0.39 is 17.5 Å². The Morgan fingerprint density at radius 3 is 2.50 bits per heavy atom. The lowest BCUT2D eigenvalue weighted by molar-refractivity contribution is 0.102. The second-order valence-electron chi connectivity index (χ2n) is 3.60. The summed E-state index contributed by atoms with van der Waals surface area (Å²) in [6.07, 6.45) is 0. The number of carbonyl (C=O) groups is 1. The van der Waals surface area contributed by atoms with Gasteiger partial charge in [0.1, 0.15) is 17.4 Å². The summed E-state index contributed by atoms with van der Waals surface area (Å²) < 4.78 is 26.0. The minimum atomic E-state index is -0.956. The fourth-order valence-electron chi connectivity index (χ4n) is 1.44. The zero-order valence-corrected chi connectivity index (χ0v) is 9.15. The Balaban J connectivity index is 2.25. The van der Waals surface area contributed by atoms with Gasteiger partial charge in [-0.3, -0.25) is 4.79 Å². The fourth-order valence-corrected chi connectivity index (χ4v) is 1.44. The molecular formula is C13H9F2NO2. The van der Waals surface area contributed by atoms with Gasteiger partial charge in [-0.25, -0.2) is 8.78 Å². The summed E-state index contributed by atoms with van der Waals surface area (Å²) in [5.74, 6) is -2.60. The van der Waals surface area contributed by atoms with Gasteiger partial charge in [0.2, 0.25) is 0 Å². The molecule has 0 aliphatic rings. The van der Waals surface area contributed by atoms with Crippen LogP contribution in [0.3, 0.4) is 0 Å². The van der Waals surface area contributed by atoms with Crippen LogP contribution in [-0.4, -0.2) is 11.0 Å². The summed E-state index contributed by atoms with van der Waals surface area (Å²) in [4.78, 5) is 11.7. The SMILES string of the molecule is O=C(Nc1ccccc1O)c1ccc(F)cc1F. The normalized spacial score (nSPS) is 10.1. The van der Waals surface area contributed by atoms with Crippen LogP contribution in [0, 0.1) is 11.6 Å². The van der Waals surface area contributed by atoms with E-state index in [1.807, 2.05) is 0 Å². The number of aromatic hydroxyl groups is 1. The molecule has 2 aromatic rings. The van der Waals surface area contributed by atoms with Crippen molar-refractivity contribution in [3.8, 4) is 5.75 Å². The van der Waals surface area contributed by atoms with Crippen LogP contribution in [0.4, 0.5) is 14.5 Å². The van der Waals surface area contributed by atoms with Crippen molar-refractivity contribution in [2.75, 3.05) is 5.32 Å². The molecule has 0 aromatic heterocycles. The number of carbonyl (C=O) groups excluding carboxylic acids is 1. The van der Waals surface area contributed by atoms with Crippen LogP contribution in [0.5, 0.6) is 5.75 Å². The van der Waals surface area contributed by atoms with Crippen LogP contribution in [0.15, 0.2) is 42.5 Å². The Morgan fingerprint density at radius 1 is 1.11 bits per heavy atom. The predicted octanol–water partition coefficient (Wildman–Crippen LogP) is 2.92. The van der Waals surface area contributed by atoms with E-state index >= 15 is 0 Å². The maximum atomic E-state index is 13.3. The largest absolute Gasteiger partial charge is 0.506 e. The Hall–Kier alpha value is -2.43. The highest BCUT2D eigenvalue weighted by Crippen LogP contribution is 2.22. The lowest BCUT2D eigenvalue weighted by Gasteiger charge is -2.07. The van der Waals surface area contributed by atoms with Gasteiger partial charge >= 0.3 is 0 Å². The first kappa shape index (κ1) is 12.0. The molecule has 92 valence electrons. The highest BCUT2D eigenvalue weighted by molar-refractivity contribution is 6.05. The molecule has 0 fully saturated rings. The summed E-state index contributed by atoms with van der Waals surface area (Å²) >= 11 is 0. The van der Waals surface area contributed by atoms with Crippen molar-refractivity contribution in [1.82, 2.24) is 0 Å². The Morgan fingerprint density at radius 2 is 1.83 bits per heavy atom. The van der Waals surface area contributed by atoms with Crippen molar-refractivity contribution in [2.45, 2.75) is 0 Å². The second-order valence-corrected chi connectivity index (χ2v) is 3.60. The lowest BCUT2D eigenvalue weighted by atomic mass is 10.2. The van der Waals surface area contributed by atoms with Crippen LogP contribution in [0.25, 0.3) is 0 Å². The van der Waals surface area contributed by atoms with Gasteiger partial charge in [-0.1, -0.05) is 12.1 Å². The third kappa shape index (κ3) is 2.45. The molecule has 0 aliphatic carbocycles. The molecule has 5 heteroatoms. The van der Waals surface area contributed by atoms with Gasteiger partial charge in [-0.2, -0.15) is 0 Å². The maximum absolute atomic E-state index is 13.3. The number of hydrogen-bond donors (Lipinski definition) is 2. The third-order valence-corrected chi connectivity index (χ3v) is 2.33. The minimum absolute atomic E-state index is 0.131. The number of phenols is 1. The van der Waals surface area contributed by atoms with Gasteiger partial charge < -0.3 is 10.4 Å². The van der Waals surface area contributed by atoms with Gasteiger partial charge in [0.05, 0.1) is 11.3 Å². The number of rotatable bonds is 2. The Labute approximate surface area is 102 Å². The van der Waals surface area contributed by atoms with Gasteiger partial charge in [0.15, 0.2) is 0 Å². The molecule has 1 amide bonds. The van der Waals surface area contributed by atoms with Gasteiger partial charge in [0, 0.05) is 6.07 Å². The van der Waals surface area contributed by atoms with Crippen LogP contribution in [-0.2, 0) is 0 Å². The Bertz CT molecular complexity index is 599. The molecule has 0 unspecified atom stereocenters. The first-order chi connectivity index (χ1) is 8.58. The van der Waals surface area contributed by atoms with Crippen molar-refractivity contribution in [2.24, 2.45) is 0 Å². The van der Waals surface area contributed by atoms with Crippen LogP contribution < -0.4 is 5.32 Å². The van der Waals surface area contributed by atoms with Crippen molar-refractivity contribution in [1.29, 1.82) is 0 Å². The second kappa shape index (κ2) is 4.83. The van der Waals surface area contributed by atoms with E-state index in [4.69, 9.17) is 0 Å². The topological polar surface area (TPSA) is 49.3 Å². The fraction of sp³-hybridized carbons (Fsp3) is 0. The van der Waals surface area contributed by atoms with Gasteiger partial charge in [0.25, 0.3) is 5.91 Å². The number of hydrogen-bond acceptors (Lipinski definition) is 2. The number of amides is 1. The molecule has 0 saturated heterocycles. The molecule has 2 aromatic carbocycles. The number of nitrogens with one attached hydrogen (secondary N) is 1. The zero-order valence-electron chi connectivity index (χ0n) is 9.15. The molecule has 0 heterocycles. The van der Waals surface area contributed by atoms with Gasteiger partial charge in [-0.05, 0) is 24.3 Å². The van der Waals surface area contributed by atoms with E-state index in [0.717, 1.165) is 12.1 Å². The van der Waals surface area contributed by atoms with Crippen LogP contribution >= 0.6 is 0 Å². The van der Waals surface area contributed by atoms with Crippen molar-refractivity contribution in [3.05, 3.63) is 59.7 Å². The summed E-state index contributed by atoms with van der Waals surface area (Å²) in [7, 11) is 0. The number of phenolic OH excluding ortho intramolecular Hbond substituents is 1. The van der Waals surface area contributed by atoms with Crippen molar-refractivity contribution >= 4 is 11.6 Å². The maximum Gasteiger partial charge on any atom is 0.258 e. The Kier molecular flexibility index (Phi) is 3.23. The summed E-state index contributed by atoms with van der Waals surface area (Å²) in [5, 5.41) is 11.8. The van der Waals surface area contributed by atoms with E-state index in [2.05, 4.69) is 5.32 Å². The predicted molar refractivity (Wildman–Crippen MR) is 62.4 cm³/mol. The average molecular weight is 249 g/mol. The standard InChI is InChI=1S/C13H9F2NO2/c14-8-5-6-9(10(15)7-8)13(18)16-11-3-1-2-4-12(11)17/h1-7,17H,(H,16,18). The number of anilines is 1. The molecular weight excluding hydrogens is 240 g/mol. The summed E-state index contributed by atoms with van der Waals surface area (Å²) in [6.45, 7) is 0. The van der Waals surface area contributed by atoms with Crippen LogP contribution in [0.1, 0.15) is 10.4 Å². The quantitative estimate of drug-likeness (QED) is 0.804. The molecule has 2 rings (SSSR count). The van der Waals surface area contributed by atoms with E-state index in [1.165, 1.54) is 12.1 Å². The third-order valence-electron chi connectivity index (χ3n) is 2.33. The number of halogens is 2. The highest BCUT2D eigenvalue weighted by atomic mass is 19.1. The molecule has 18 heavy (non-hydrogen) atoms. The van der Waals surface area contributed by atoms with E-state index in [9.17, 15) is 18.7 Å². The number of benzene rings is 2. The first-order valence-corrected chi connectivity index (χ1v) is 5.12. The molecule has 0 spiro atoms.